The summed E-state index contributed by atoms with van der Waals surface area (Å²) in [6.45, 7) is 2.10. The summed E-state index contributed by atoms with van der Waals surface area (Å²) < 4.78 is 47.6. The number of amides is 2. The fourth-order valence-electron chi connectivity index (χ4n) is 3.53. The van der Waals surface area contributed by atoms with Crippen molar-refractivity contribution in [3.05, 3.63) is 84.2 Å². The average molecular weight is 557 g/mol. The number of aryl methyl sites for hydroxylation is 1. The number of urea groups is 1. The van der Waals surface area contributed by atoms with Crippen LogP contribution in [-0.4, -0.2) is 39.4 Å². The van der Waals surface area contributed by atoms with Gasteiger partial charge in [-0.1, -0.05) is 18.2 Å². The lowest BCUT2D eigenvalue weighted by Gasteiger charge is -2.13. The summed E-state index contributed by atoms with van der Waals surface area (Å²) in [5, 5.41) is 12.8. The zero-order chi connectivity index (χ0) is 28.0. The second kappa shape index (κ2) is 11.8. The van der Waals surface area contributed by atoms with E-state index in [4.69, 9.17) is 17.0 Å². The van der Waals surface area contributed by atoms with E-state index in [1.807, 2.05) is 25.1 Å². The zero-order valence-electron chi connectivity index (χ0n) is 20.7. The van der Waals surface area contributed by atoms with Crippen molar-refractivity contribution < 1.29 is 27.4 Å². The van der Waals surface area contributed by atoms with Crippen LogP contribution < -0.4 is 25.4 Å². The van der Waals surface area contributed by atoms with E-state index in [9.17, 15) is 18.0 Å². The highest BCUT2D eigenvalue weighted by atomic mass is 32.1. The number of nitrogens with zero attached hydrogens (tertiary/aromatic N) is 3. The molecule has 9 nitrogen and oxygen atoms in total. The molecule has 0 aliphatic carbocycles. The minimum atomic E-state index is -4.76. The molecule has 1 aromatic heterocycles. The Morgan fingerprint density at radius 1 is 1.05 bits per heavy atom. The SMILES string of the molecule is COc1ccc(NC(=S)NC(=O)NCc2cccc(-c3ncn(-c4ccc(OC(F)(F)F)cc4)n3)c2)c(C)c1. The summed E-state index contributed by atoms with van der Waals surface area (Å²) in [5.41, 5.74) is 3.63. The number of hydrogen-bond acceptors (Lipinski definition) is 6. The van der Waals surface area contributed by atoms with Crippen molar-refractivity contribution in [2.75, 3.05) is 12.4 Å². The van der Waals surface area contributed by atoms with E-state index in [1.165, 1.54) is 35.3 Å². The van der Waals surface area contributed by atoms with Crippen molar-refractivity contribution in [1.82, 2.24) is 25.4 Å². The number of methoxy groups -OCH3 is 1. The van der Waals surface area contributed by atoms with E-state index in [2.05, 4.69) is 30.8 Å². The van der Waals surface area contributed by atoms with Gasteiger partial charge in [0.25, 0.3) is 0 Å². The molecule has 0 atom stereocenters. The van der Waals surface area contributed by atoms with Crippen LogP contribution >= 0.6 is 12.2 Å². The van der Waals surface area contributed by atoms with Gasteiger partial charge in [-0.15, -0.1) is 18.3 Å². The predicted molar refractivity (Wildman–Crippen MR) is 143 cm³/mol. The van der Waals surface area contributed by atoms with Gasteiger partial charge in [0.2, 0.25) is 0 Å². The molecule has 202 valence electrons. The molecule has 2 amide bonds. The Morgan fingerprint density at radius 2 is 1.79 bits per heavy atom. The number of benzene rings is 3. The molecule has 39 heavy (non-hydrogen) atoms. The summed E-state index contributed by atoms with van der Waals surface area (Å²) >= 11 is 5.23. The van der Waals surface area contributed by atoms with Gasteiger partial charge in [-0.3, -0.25) is 5.32 Å². The van der Waals surface area contributed by atoms with E-state index < -0.39 is 12.4 Å². The van der Waals surface area contributed by atoms with Gasteiger partial charge < -0.3 is 20.1 Å². The van der Waals surface area contributed by atoms with Crippen LogP contribution in [0.3, 0.4) is 0 Å². The monoisotopic (exact) mass is 556 g/mol. The average Bonchev–Trinajstić information content (AvgIpc) is 3.39. The van der Waals surface area contributed by atoms with Crippen molar-refractivity contribution >= 4 is 29.0 Å². The highest BCUT2D eigenvalue weighted by Crippen LogP contribution is 2.24. The van der Waals surface area contributed by atoms with Gasteiger partial charge in [0.15, 0.2) is 10.9 Å². The fraction of sp³-hybridized carbons (Fsp3) is 0.154. The number of alkyl halides is 3. The molecule has 3 N–H and O–H groups in total. The van der Waals surface area contributed by atoms with Gasteiger partial charge in [0, 0.05) is 17.8 Å². The Labute approximate surface area is 227 Å². The number of ether oxygens (including phenoxy) is 2. The number of nitrogens with one attached hydrogen (secondary N) is 3. The minimum absolute atomic E-state index is 0.141. The zero-order valence-corrected chi connectivity index (χ0v) is 21.6. The molecule has 3 aromatic carbocycles. The number of rotatable bonds is 7. The lowest BCUT2D eigenvalue weighted by Crippen LogP contribution is -2.41. The molecule has 0 fully saturated rings. The fourth-order valence-corrected chi connectivity index (χ4v) is 3.73. The van der Waals surface area contributed by atoms with E-state index in [0.29, 0.717) is 22.8 Å². The number of hydrogen-bond donors (Lipinski definition) is 3. The quantitative estimate of drug-likeness (QED) is 0.264. The molecule has 0 aliphatic heterocycles. The number of thiocarbonyl (C=S) groups is 1. The first-order valence-corrected chi connectivity index (χ1v) is 11.9. The Kier molecular flexibility index (Phi) is 8.30. The maximum Gasteiger partial charge on any atom is 0.573 e. The molecular formula is C26H23F3N6O3S. The molecule has 0 spiro atoms. The van der Waals surface area contributed by atoms with Crippen LogP contribution in [0.25, 0.3) is 17.1 Å². The number of halogens is 3. The molecule has 0 saturated heterocycles. The molecule has 0 aliphatic rings. The van der Waals surface area contributed by atoms with Crippen molar-refractivity contribution in [2.24, 2.45) is 0 Å². The van der Waals surface area contributed by atoms with E-state index in [-0.39, 0.29) is 17.4 Å². The normalized spacial score (nSPS) is 11.0. The Hall–Kier alpha value is -4.65. The van der Waals surface area contributed by atoms with E-state index in [0.717, 1.165) is 16.8 Å². The molecule has 4 rings (SSSR count). The van der Waals surface area contributed by atoms with Crippen molar-refractivity contribution in [1.29, 1.82) is 0 Å². The lowest BCUT2D eigenvalue weighted by molar-refractivity contribution is -0.274. The molecule has 13 heteroatoms. The van der Waals surface area contributed by atoms with Gasteiger partial charge in [-0.25, -0.2) is 14.5 Å². The largest absolute Gasteiger partial charge is 0.573 e. The minimum Gasteiger partial charge on any atom is -0.497 e. The summed E-state index contributed by atoms with van der Waals surface area (Å²) in [6, 6.07) is 17.5. The number of carbonyl (C=O) groups is 1. The molecule has 0 unspecified atom stereocenters. The lowest BCUT2D eigenvalue weighted by atomic mass is 10.1. The van der Waals surface area contributed by atoms with Crippen molar-refractivity contribution in [2.45, 2.75) is 19.8 Å². The van der Waals surface area contributed by atoms with Crippen LogP contribution in [0.2, 0.25) is 0 Å². The third-order valence-electron chi connectivity index (χ3n) is 5.37. The number of carbonyl (C=O) groups excluding carboxylic acids is 1. The third kappa shape index (κ3) is 7.68. The van der Waals surface area contributed by atoms with Gasteiger partial charge >= 0.3 is 12.4 Å². The summed E-state index contributed by atoms with van der Waals surface area (Å²) in [6.07, 6.45) is -3.31. The van der Waals surface area contributed by atoms with Crippen molar-refractivity contribution in [3.63, 3.8) is 0 Å². The Bertz CT molecular complexity index is 1470. The molecule has 0 saturated carbocycles. The maximum absolute atomic E-state index is 12.4. The Morgan fingerprint density at radius 3 is 2.49 bits per heavy atom. The topological polar surface area (TPSA) is 102 Å². The first-order chi connectivity index (χ1) is 18.6. The maximum atomic E-state index is 12.4. The van der Waals surface area contributed by atoms with Gasteiger partial charge in [-0.2, -0.15) is 0 Å². The molecule has 1 heterocycles. The van der Waals surface area contributed by atoms with E-state index >= 15 is 0 Å². The molecule has 4 aromatic rings. The smallest absolute Gasteiger partial charge is 0.497 e. The second-order valence-electron chi connectivity index (χ2n) is 8.20. The predicted octanol–water partition coefficient (Wildman–Crippen LogP) is 5.35. The number of anilines is 1. The second-order valence-corrected chi connectivity index (χ2v) is 8.61. The van der Waals surface area contributed by atoms with Crippen molar-refractivity contribution in [3.8, 4) is 28.6 Å². The van der Waals surface area contributed by atoms with Crippen LogP contribution in [0.1, 0.15) is 11.1 Å². The molecule has 0 radical (unpaired) electrons. The third-order valence-corrected chi connectivity index (χ3v) is 5.58. The first kappa shape index (κ1) is 27.4. The van der Waals surface area contributed by atoms with Crippen LogP contribution in [0.4, 0.5) is 23.7 Å². The Balaban J connectivity index is 1.33. The van der Waals surface area contributed by atoms with Gasteiger partial charge in [0.1, 0.15) is 17.8 Å². The summed E-state index contributed by atoms with van der Waals surface area (Å²) in [5.74, 6) is 0.785. The molecule has 0 bridgehead atoms. The standard InChI is InChI=1S/C26H23F3N6O3S/c1-16-12-21(37-2)10-11-22(16)32-25(39)33-24(36)30-14-17-4-3-5-18(13-17)23-31-15-35(34-23)19-6-8-20(9-7-19)38-26(27,28)29/h3-13,15H,14H2,1-2H3,(H3,30,32,33,36,39). The summed E-state index contributed by atoms with van der Waals surface area (Å²) in [7, 11) is 1.58. The first-order valence-electron chi connectivity index (χ1n) is 11.5. The summed E-state index contributed by atoms with van der Waals surface area (Å²) in [4.78, 5) is 16.6. The van der Waals surface area contributed by atoms with Crippen LogP contribution in [0, 0.1) is 6.92 Å². The van der Waals surface area contributed by atoms with Crippen LogP contribution in [0.15, 0.2) is 73.1 Å². The van der Waals surface area contributed by atoms with Crippen LogP contribution in [-0.2, 0) is 6.54 Å². The van der Waals surface area contributed by atoms with E-state index in [1.54, 1.807) is 31.4 Å². The highest BCUT2D eigenvalue weighted by Gasteiger charge is 2.31. The number of aromatic nitrogens is 3. The van der Waals surface area contributed by atoms with Crippen LogP contribution in [0.5, 0.6) is 11.5 Å². The van der Waals surface area contributed by atoms with Gasteiger partial charge in [-0.05, 0) is 78.8 Å². The van der Waals surface area contributed by atoms with Gasteiger partial charge in [0.05, 0.1) is 12.8 Å². The molecular weight excluding hydrogens is 533 g/mol. The highest BCUT2D eigenvalue weighted by molar-refractivity contribution is 7.80.